The molecule has 1 unspecified atom stereocenters. The standard InChI is InChI=1S/C20H20N2O5/c1-12(2)26-19(24)17(13-6-4-3-5-7-13)27-18(23)14-8-9-15-11-21-20(25)22-16(15)10-14/h3-10,12,17H,11H2,1-2H3,(H2,21,22,25). The molecule has 7 heteroatoms. The van der Waals surface area contributed by atoms with Crippen LogP contribution in [0.1, 0.15) is 41.4 Å². The van der Waals surface area contributed by atoms with E-state index in [0.29, 0.717) is 17.8 Å². The summed E-state index contributed by atoms with van der Waals surface area (Å²) in [7, 11) is 0. The van der Waals surface area contributed by atoms with Gasteiger partial charge >= 0.3 is 18.0 Å². The molecule has 1 atom stereocenters. The van der Waals surface area contributed by atoms with Crippen LogP contribution in [-0.4, -0.2) is 24.1 Å². The number of hydrogen-bond acceptors (Lipinski definition) is 5. The number of fused-ring (bicyclic) bond motifs is 1. The van der Waals surface area contributed by atoms with Gasteiger partial charge in [0.1, 0.15) is 0 Å². The van der Waals surface area contributed by atoms with Gasteiger partial charge in [0.15, 0.2) is 0 Å². The smallest absolute Gasteiger partial charge is 0.352 e. The topological polar surface area (TPSA) is 93.7 Å². The predicted octanol–water partition coefficient (Wildman–Crippen LogP) is 3.17. The molecule has 0 saturated heterocycles. The fourth-order valence-electron chi connectivity index (χ4n) is 2.67. The molecule has 1 heterocycles. The van der Waals surface area contributed by atoms with Crippen molar-refractivity contribution >= 4 is 23.7 Å². The second kappa shape index (κ2) is 7.90. The van der Waals surface area contributed by atoms with Crippen molar-refractivity contribution in [1.29, 1.82) is 0 Å². The summed E-state index contributed by atoms with van der Waals surface area (Å²) in [6.45, 7) is 3.83. The number of carbonyl (C=O) groups excluding carboxylic acids is 3. The SMILES string of the molecule is CC(C)OC(=O)C(OC(=O)c1ccc2c(c1)NC(=O)NC2)c1ccccc1. The minimum Gasteiger partial charge on any atom is -0.460 e. The van der Waals surface area contributed by atoms with Gasteiger partial charge in [0.25, 0.3) is 0 Å². The van der Waals surface area contributed by atoms with Crippen molar-refractivity contribution < 1.29 is 23.9 Å². The molecule has 0 aromatic heterocycles. The van der Waals surface area contributed by atoms with E-state index in [2.05, 4.69) is 10.6 Å². The number of ether oxygens (including phenoxy) is 2. The van der Waals surface area contributed by atoms with E-state index in [4.69, 9.17) is 9.47 Å². The van der Waals surface area contributed by atoms with Gasteiger partial charge in [0, 0.05) is 17.8 Å². The van der Waals surface area contributed by atoms with Crippen LogP contribution in [0.2, 0.25) is 0 Å². The van der Waals surface area contributed by atoms with Gasteiger partial charge < -0.3 is 20.1 Å². The molecule has 7 nitrogen and oxygen atoms in total. The van der Waals surface area contributed by atoms with Gasteiger partial charge in [-0.3, -0.25) is 0 Å². The summed E-state index contributed by atoms with van der Waals surface area (Å²) < 4.78 is 10.7. The fraction of sp³-hybridized carbons (Fsp3) is 0.250. The fourth-order valence-corrected chi connectivity index (χ4v) is 2.67. The maximum absolute atomic E-state index is 12.6. The first kappa shape index (κ1) is 18.4. The molecule has 3 rings (SSSR count). The van der Waals surface area contributed by atoms with Gasteiger partial charge in [-0.2, -0.15) is 0 Å². The molecule has 1 aliphatic rings. The number of urea groups is 1. The Kier molecular flexibility index (Phi) is 5.40. The molecule has 0 saturated carbocycles. The van der Waals surface area contributed by atoms with Gasteiger partial charge in [-0.05, 0) is 31.5 Å². The predicted molar refractivity (Wildman–Crippen MR) is 98.1 cm³/mol. The maximum Gasteiger partial charge on any atom is 0.352 e. The number of benzene rings is 2. The number of rotatable bonds is 5. The van der Waals surface area contributed by atoms with Crippen molar-refractivity contribution in [3.63, 3.8) is 0 Å². The molecule has 2 amide bonds. The van der Waals surface area contributed by atoms with Crippen molar-refractivity contribution in [1.82, 2.24) is 5.32 Å². The van der Waals surface area contributed by atoms with E-state index in [0.717, 1.165) is 5.56 Å². The highest BCUT2D eigenvalue weighted by Gasteiger charge is 2.28. The molecule has 0 radical (unpaired) electrons. The third kappa shape index (κ3) is 4.44. The lowest BCUT2D eigenvalue weighted by Crippen LogP contribution is -2.33. The minimum atomic E-state index is -1.17. The zero-order chi connectivity index (χ0) is 19.4. The van der Waals surface area contributed by atoms with E-state index in [-0.39, 0.29) is 17.7 Å². The van der Waals surface area contributed by atoms with Crippen LogP contribution in [0.5, 0.6) is 0 Å². The van der Waals surface area contributed by atoms with Crippen molar-refractivity contribution in [2.45, 2.75) is 32.6 Å². The molecule has 0 bridgehead atoms. The van der Waals surface area contributed by atoms with Crippen molar-refractivity contribution in [3.8, 4) is 0 Å². The number of anilines is 1. The number of esters is 2. The third-order valence-corrected chi connectivity index (χ3v) is 3.93. The zero-order valence-corrected chi connectivity index (χ0v) is 15.0. The van der Waals surface area contributed by atoms with Gasteiger partial charge in [-0.15, -0.1) is 0 Å². The number of amides is 2. The molecule has 2 N–H and O–H groups in total. The molecule has 2 aromatic carbocycles. The Balaban J connectivity index is 1.83. The Hall–Kier alpha value is -3.35. The average molecular weight is 368 g/mol. The highest BCUT2D eigenvalue weighted by molar-refractivity contribution is 5.96. The van der Waals surface area contributed by atoms with Crippen LogP contribution in [0.25, 0.3) is 0 Å². The first-order valence-corrected chi connectivity index (χ1v) is 8.58. The lowest BCUT2D eigenvalue weighted by Gasteiger charge is -2.20. The Morgan fingerprint density at radius 2 is 1.78 bits per heavy atom. The first-order valence-electron chi connectivity index (χ1n) is 8.58. The Morgan fingerprint density at radius 3 is 2.48 bits per heavy atom. The van der Waals surface area contributed by atoms with E-state index in [1.165, 1.54) is 6.07 Å². The molecular weight excluding hydrogens is 348 g/mol. The summed E-state index contributed by atoms with van der Waals surface area (Å²) in [5, 5.41) is 5.29. The summed E-state index contributed by atoms with van der Waals surface area (Å²) in [5.74, 6) is -1.32. The van der Waals surface area contributed by atoms with E-state index in [9.17, 15) is 14.4 Å². The lowest BCUT2D eigenvalue weighted by molar-refractivity contribution is -0.158. The van der Waals surface area contributed by atoms with Crippen LogP contribution < -0.4 is 10.6 Å². The minimum absolute atomic E-state index is 0.231. The lowest BCUT2D eigenvalue weighted by atomic mass is 10.1. The van der Waals surface area contributed by atoms with Crippen LogP contribution >= 0.6 is 0 Å². The molecule has 27 heavy (non-hydrogen) atoms. The van der Waals surface area contributed by atoms with Crippen molar-refractivity contribution in [2.24, 2.45) is 0 Å². The first-order chi connectivity index (χ1) is 12.9. The van der Waals surface area contributed by atoms with E-state index < -0.39 is 18.0 Å². The van der Waals surface area contributed by atoms with Crippen LogP contribution in [0.4, 0.5) is 10.5 Å². The number of hydrogen-bond donors (Lipinski definition) is 2. The van der Waals surface area contributed by atoms with Crippen LogP contribution in [0, 0.1) is 0 Å². The Bertz CT molecular complexity index is 864. The van der Waals surface area contributed by atoms with Crippen molar-refractivity contribution in [3.05, 3.63) is 65.2 Å². The van der Waals surface area contributed by atoms with Crippen LogP contribution in [0.3, 0.4) is 0 Å². The molecule has 0 spiro atoms. The second-order valence-corrected chi connectivity index (χ2v) is 6.36. The monoisotopic (exact) mass is 368 g/mol. The van der Waals surface area contributed by atoms with Gasteiger partial charge in [-0.1, -0.05) is 36.4 Å². The molecular formula is C20H20N2O5. The van der Waals surface area contributed by atoms with E-state index >= 15 is 0 Å². The van der Waals surface area contributed by atoms with Crippen LogP contribution in [-0.2, 0) is 20.8 Å². The van der Waals surface area contributed by atoms with Gasteiger partial charge in [0.2, 0.25) is 6.10 Å². The summed E-state index contributed by atoms with van der Waals surface area (Å²) in [4.78, 5) is 36.5. The largest absolute Gasteiger partial charge is 0.460 e. The number of nitrogens with one attached hydrogen (secondary N) is 2. The quantitative estimate of drug-likeness (QED) is 0.791. The van der Waals surface area contributed by atoms with Gasteiger partial charge in [-0.25, -0.2) is 14.4 Å². The molecule has 2 aromatic rings. The summed E-state index contributed by atoms with van der Waals surface area (Å²) >= 11 is 0. The molecule has 140 valence electrons. The highest BCUT2D eigenvalue weighted by atomic mass is 16.6. The van der Waals surface area contributed by atoms with Gasteiger partial charge in [0.05, 0.1) is 11.7 Å². The molecule has 1 aliphatic heterocycles. The van der Waals surface area contributed by atoms with Crippen molar-refractivity contribution in [2.75, 3.05) is 5.32 Å². The molecule has 0 fully saturated rings. The van der Waals surface area contributed by atoms with E-state index in [1.54, 1.807) is 56.3 Å². The summed E-state index contributed by atoms with van der Waals surface area (Å²) in [6.07, 6.45) is -1.51. The van der Waals surface area contributed by atoms with E-state index in [1.807, 2.05) is 0 Å². The van der Waals surface area contributed by atoms with Crippen LogP contribution in [0.15, 0.2) is 48.5 Å². The summed E-state index contributed by atoms with van der Waals surface area (Å²) in [6, 6.07) is 13.2. The normalized spacial score (nSPS) is 13.8. The second-order valence-electron chi connectivity index (χ2n) is 6.36. The summed E-state index contributed by atoms with van der Waals surface area (Å²) in [5.41, 5.74) is 2.14. The maximum atomic E-state index is 12.6. The number of carbonyl (C=O) groups is 3. The Morgan fingerprint density at radius 1 is 1.04 bits per heavy atom. The average Bonchev–Trinajstić information content (AvgIpc) is 2.65. The molecule has 0 aliphatic carbocycles. The third-order valence-electron chi connectivity index (χ3n) is 3.93. The zero-order valence-electron chi connectivity index (χ0n) is 15.0. The Labute approximate surface area is 156 Å². The highest BCUT2D eigenvalue weighted by Crippen LogP contribution is 2.25.